The highest BCUT2D eigenvalue weighted by Gasteiger charge is 2.18. The van der Waals surface area contributed by atoms with Crippen LogP contribution in [0.15, 0.2) is 18.2 Å². The minimum Gasteiger partial charge on any atom is -0.494 e. The molecule has 1 saturated heterocycles. The molecular weight excluding hydrogens is 288 g/mol. The van der Waals surface area contributed by atoms with E-state index in [0.717, 1.165) is 44.8 Å². The summed E-state index contributed by atoms with van der Waals surface area (Å²) >= 11 is 0. The van der Waals surface area contributed by atoms with Gasteiger partial charge >= 0.3 is 0 Å². The molecule has 1 heterocycles. The topological polar surface area (TPSA) is 41.6 Å². The first kappa shape index (κ1) is 17.8. The fourth-order valence-corrected chi connectivity index (χ4v) is 3.19. The molecule has 2 rings (SSSR count). The smallest absolute Gasteiger partial charge is 0.222 e. The van der Waals surface area contributed by atoms with Gasteiger partial charge in [-0.25, -0.2) is 0 Å². The van der Waals surface area contributed by atoms with Crippen LogP contribution in [0, 0.1) is 0 Å². The van der Waals surface area contributed by atoms with Gasteiger partial charge in [0.2, 0.25) is 5.91 Å². The number of carbonyl (C=O) groups excluding carboxylic acids is 1. The van der Waals surface area contributed by atoms with E-state index in [1.54, 1.807) is 0 Å². The van der Waals surface area contributed by atoms with Crippen molar-refractivity contribution in [1.29, 1.82) is 0 Å². The van der Waals surface area contributed by atoms with Crippen LogP contribution >= 0.6 is 0 Å². The summed E-state index contributed by atoms with van der Waals surface area (Å²) in [6.07, 6.45) is 2.54. The molecule has 0 aromatic heterocycles. The molecule has 1 N–H and O–H groups in total. The van der Waals surface area contributed by atoms with Gasteiger partial charge in [0.1, 0.15) is 5.75 Å². The van der Waals surface area contributed by atoms with Gasteiger partial charge in [0.25, 0.3) is 0 Å². The number of piperazine rings is 1. The second-order valence-electron chi connectivity index (χ2n) is 6.22. The molecule has 1 aliphatic heterocycles. The quantitative estimate of drug-likeness (QED) is 0.840. The molecule has 1 unspecified atom stereocenters. The Hall–Kier alpha value is -1.55. The third kappa shape index (κ3) is 4.96. The van der Waals surface area contributed by atoms with E-state index < -0.39 is 0 Å². The summed E-state index contributed by atoms with van der Waals surface area (Å²) in [7, 11) is 0. The summed E-state index contributed by atoms with van der Waals surface area (Å²) in [6.45, 7) is 10.6. The molecule has 0 radical (unpaired) electrons. The number of aryl methyl sites for hydroxylation is 1. The minimum atomic E-state index is 0.294. The first-order valence-electron chi connectivity index (χ1n) is 8.89. The molecule has 128 valence electrons. The fraction of sp³-hybridized carbons (Fsp3) is 0.632. The lowest BCUT2D eigenvalue weighted by atomic mass is 9.90. The van der Waals surface area contributed by atoms with Gasteiger partial charge < -0.3 is 15.0 Å². The highest BCUT2D eigenvalue weighted by Crippen LogP contribution is 2.28. The van der Waals surface area contributed by atoms with Crippen LogP contribution in [0.25, 0.3) is 0 Å². The number of rotatable bonds is 7. The first-order valence-corrected chi connectivity index (χ1v) is 8.89. The Bertz CT molecular complexity index is 510. The highest BCUT2D eigenvalue weighted by molar-refractivity contribution is 5.76. The number of nitrogens with zero attached hydrogens (tertiary/aromatic N) is 1. The van der Waals surface area contributed by atoms with Crippen LogP contribution in [0.4, 0.5) is 0 Å². The molecule has 4 nitrogen and oxygen atoms in total. The van der Waals surface area contributed by atoms with Crippen LogP contribution < -0.4 is 10.1 Å². The van der Waals surface area contributed by atoms with Crippen molar-refractivity contribution in [3.05, 3.63) is 29.3 Å². The lowest BCUT2D eigenvalue weighted by Crippen LogP contribution is -2.46. The van der Waals surface area contributed by atoms with Crippen LogP contribution in [0.5, 0.6) is 5.75 Å². The van der Waals surface area contributed by atoms with E-state index in [1.807, 2.05) is 17.9 Å². The average molecular weight is 318 g/mol. The van der Waals surface area contributed by atoms with Crippen molar-refractivity contribution in [1.82, 2.24) is 10.2 Å². The largest absolute Gasteiger partial charge is 0.494 e. The van der Waals surface area contributed by atoms with Gasteiger partial charge in [0.15, 0.2) is 0 Å². The summed E-state index contributed by atoms with van der Waals surface area (Å²) < 4.78 is 5.59. The summed E-state index contributed by atoms with van der Waals surface area (Å²) in [5.41, 5.74) is 2.68. The third-order valence-electron chi connectivity index (χ3n) is 4.60. The van der Waals surface area contributed by atoms with E-state index in [4.69, 9.17) is 4.74 Å². The van der Waals surface area contributed by atoms with Gasteiger partial charge in [0.05, 0.1) is 6.61 Å². The zero-order valence-electron chi connectivity index (χ0n) is 14.7. The Morgan fingerprint density at radius 1 is 1.30 bits per heavy atom. The SMILES string of the molecule is CCOc1ccc(C(C)CCC(=O)N2CCNCC2)c(CC)c1. The molecule has 1 aromatic rings. The van der Waals surface area contributed by atoms with E-state index in [0.29, 0.717) is 24.9 Å². The van der Waals surface area contributed by atoms with E-state index in [1.165, 1.54) is 11.1 Å². The number of amides is 1. The first-order chi connectivity index (χ1) is 11.2. The maximum atomic E-state index is 12.3. The van der Waals surface area contributed by atoms with Crippen molar-refractivity contribution in [3.8, 4) is 5.75 Å². The Balaban J connectivity index is 1.94. The Morgan fingerprint density at radius 2 is 2.04 bits per heavy atom. The standard InChI is InChI=1S/C19H30N2O2/c1-4-16-14-17(23-5-2)7-8-18(16)15(3)6-9-19(22)21-12-10-20-11-13-21/h7-8,14-15,20H,4-6,9-13H2,1-3H3. The number of hydrogen-bond donors (Lipinski definition) is 1. The Morgan fingerprint density at radius 3 is 2.70 bits per heavy atom. The Kier molecular flexibility index (Phi) is 6.90. The zero-order valence-corrected chi connectivity index (χ0v) is 14.7. The van der Waals surface area contributed by atoms with Gasteiger partial charge in [-0.15, -0.1) is 0 Å². The van der Waals surface area contributed by atoms with Crippen LogP contribution in [-0.2, 0) is 11.2 Å². The van der Waals surface area contributed by atoms with Crippen molar-refractivity contribution >= 4 is 5.91 Å². The molecule has 0 aliphatic carbocycles. The van der Waals surface area contributed by atoms with Gasteiger partial charge in [0, 0.05) is 32.6 Å². The molecular formula is C19H30N2O2. The average Bonchev–Trinajstić information content (AvgIpc) is 2.60. The summed E-state index contributed by atoms with van der Waals surface area (Å²) in [6, 6.07) is 6.36. The van der Waals surface area contributed by atoms with Crippen LogP contribution in [-0.4, -0.2) is 43.6 Å². The maximum absolute atomic E-state index is 12.3. The van der Waals surface area contributed by atoms with E-state index in [2.05, 4.69) is 31.3 Å². The molecule has 4 heteroatoms. The lowest BCUT2D eigenvalue weighted by molar-refractivity contribution is -0.131. The third-order valence-corrected chi connectivity index (χ3v) is 4.60. The predicted molar refractivity (Wildman–Crippen MR) is 94.1 cm³/mol. The normalized spacial score (nSPS) is 16.2. The highest BCUT2D eigenvalue weighted by atomic mass is 16.5. The molecule has 1 fully saturated rings. The molecule has 1 aromatic carbocycles. The van der Waals surface area contributed by atoms with Gasteiger partial charge in [-0.3, -0.25) is 4.79 Å². The summed E-state index contributed by atoms with van der Waals surface area (Å²) in [5, 5.41) is 3.29. The number of carbonyl (C=O) groups is 1. The van der Waals surface area contributed by atoms with Crippen molar-refractivity contribution in [2.24, 2.45) is 0 Å². The van der Waals surface area contributed by atoms with Crippen LogP contribution in [0.3, 0.4) is 0 Å². The summed E-state index contributed by atoms with van der Waals surface area (Å²) in [4.78, 5) is 14.3. The van der Waals surface area contributed by atoms with Gasteiger partial charge in [-0.05, 0) is 48.9 Å². The molecule has 0 bridgehead atoms. The number of ether oxygens (including phenoxy) is 1. The predicted octanol–water partition coefficient (Wildman–Crippen LogP) is 2.96. The molecule has 0 spiro atoms. The number of nitrogens with one attached hydrogen (secondary N) is 1. The zero-order chi connectivity index (χ0) is 16.7. The van der Waals surface area contributed by atoms with Crippen LogP contribution in [0.2, 0.25) is 0 Å². The second kappa shape index (κ2) is 8.92. The lowest BCUT2D eigenvalue weighted by Gasteiger charge is -2.28. The fourth-order valence-electron chi connectivity index (χ4n) is 3.19. The van der Waals surface area contributed by atoms with E-state index >= 15 is 0 Å². The van der Waals surface area contributed by atoms with Crippen molar-refractivity contribution < 1.29 is 9.53 Å². The van der Waals surface area contributed by atoms with Crippen molar-refractivity contribution in [2.75, 3.05) is 32.8 Å². The molecule has 1 atom stereocenters. The monoisotopic (exact) mass is 318 g/mol. The minimum absolute atomic E-state index is 0.294. The van der Waals surface area contributed by atoms with E-state index in [9.17, 15) is 4.79 Å². The molecule has 1 amide bonds. The van der Waals surface area contributed by atoms with Gasteiger partial charge in [-0.2, -0.15) is 0 Å². The van der Waals surface area contributed by atoms with Gasteiger partial charge in [-0.1, -0.05) is 19.9 Å². The van der Waals surface area contributed by atoms with Crippen LogP contribution in [0.1, 0.15) is 50.7 Å². The summed E-state index contributed by atoms with van der Waals surface area (Å²) in [5.74, 6) is 1.63. The Labute approximate surface area is 140 Å². The molecule has 0 saturated carbocycles. The van der Waals surface area contributed by atoms with Crippen molar-refractivity contribution in [2.45, 2.75) is 46.0 Å². The molecule has 23 heavy (non-hydrogen) atoms. The van der Waals surface area contributed by atoms with E-state index in [-0.39, 0.29) is 0 Å². The van der Waals surface area contributed by atoms with Crippen molar-refractivity contribution in [3.63, 3.8) is 0 Å². The maximum Gasteiger partial charge on any atom is 0.222 e. The second-order valence-corrected chi connectivity index (χ2v) is 6.22. The molecule has 1 aliphatic rings. The number of benzene rings is 1. The number of hydrogen-bond acceptors (Lipinski definition) is 3.